The van der Waals surface area contributed by atoms with E-state index in [0.717, 1.165) is 38.2 Å². The fourth-order valence-electron chi connectivity index (χ4n) is 2.80. The first kappa shape index (κ1) is 18.9. The Hall–Kier alpha value is -1.47. The van der Waals surface area contributed by atoms with Gasteiger partial charge in [0.1, 0.15) is 10.7 Å². The van der Waals surface area contributed by atoms with Crippen LogP contribution in [0.25, 0.3) is 0 Å². The molecule has 0 aromatic heterocycles. The number of sulfonamides is 1. The molecule has 1 fully saturated rings. The van der Waals surface area contributed by atoms with Crippen LogP contribution in [0.5, 0.6) is 0 Å². The van der Waals surface area contributed by atoms with Crippen molar-refractivity contribution in [2.24, 2.45) is 0 Å². The van der Waals surface area contributed by atoms with Crippen molar-refractivity contribution in [3.05, 3.63) is 29.6 Å². The molecule has 0 unspecified atom stereocenters. The van der Waals surface area contributed by atoms with Crippen LogP contribution in [0.4, 0.5) is 4.39 Å². The topological polar surface area (TPSA) is 57.7 Å². The first-order chi connectivity index (χ1) is 11.4. The molecule has 24 heavy (non-hydrogen) atoms. The quantitative estimate of drug-likeness (QED) is 0.787. The Labute approximate surface area is 143 Å². The number of nitrogens with zero attached hydrogens (tertiary/aromatic N) is 2. The Morgan fingerprint density at radius 1 is 1.25 bits per heavy atom. The number of halogens is 1. The van der Waals surface area contributed by atoms with Gasteiger partial charge < -0.3 is 4.90 Å². The van der Waals surface area contributed by atoms with E-state index >= 15 is 0 Å². The summed E-state index contributed by atoms with van der Waals surface area (Å²) in [5.41, 5.74) is 0.200. The number of piperidine rings is 1. The van der Waals surface area contributed by atoms with Gasteiger partial charge in [-0.15, -0.1) is 0 Å². The molecule has 1 aromatic carbocycles. The fraction of sp³-hybridized carbons (Fsp3) is 0.588. The largest absolute Gasteiger partial charge is 0.342 e. The van der Waals surface area contributed by atoms with Gasteiger partial charge in [-0.2, -0.15) is 4.31 Å². The second-order valence-electron chi connectivity index (χ2n) is 6.19. The molecule has 134 valence electrons. The van der Waals surface area contributed by atoms with Crippen LogP contribution in [0.3, 0.4) is 0 Å². The number of amides is 1. The molecule has 0 radical (unpaired) electrons. The number of unbranched alkanes of at least 4 members (excludes halogenated alkanes) is 1. The summed E-state index contributed by atoms with van der Waals surface area (Å²) in [5.74, 6) is -1.10. The van der Waals surface area contributed by atoms with Crippen molar-refractivity contribution >= 4 is 15.9 Å². The molecule has 1 aromatic rings. The van der Waals surface area contributed by atoms with E-state index in [1.54, 1.807) is 7.05 Å². The summed E-state index contributed by atoms with van der Waals surface area (Å²) >= 11 is 0. The maximum absolute atomic E-state index is 14.2. The Kier molecular flexibility index (Phi) is 6.34. The lowest BCUT2D eigenvalue weighted by Gasteiger charge is -2.26. The van der Waals surface area contributed by atoms with Crippen molar-refractivity contribution in [3.8, 4) is 0 Å². The summed E-state index contributed by atoms with van der Waals surface area (Å²) in [7, 11) is -2.24. The summed E-state index contributed by atoms with van der Waals surface area (Å²) in [5, 5.41) is 0. The van der Waals surface area contributed by atoms with Crippen LogP contribution >= 0.6 is 0 Å². The highest BCUT2D eigenvalue weighted by Crippen LogP contribution is 2.24. The van der Waals surface area contributed by atoms with Gasteiger partial charge in [0.05, 0.1) is 0 Å². The third-order valence-electron chi connectivity index (χ3n) is 4.30. The Bertz CT molecular complexity index is 685. The number of hydrogen-bond donors (Lipinski definition) is 0. The normalized spacial score (nSPS) is 16.1. The van der Waals surface area contributed by atoms with Gasteiger partial charge in [0.2, 0.25) is 10.0 Å². The molecule has 1 amide bonds. The molecule has 7 heteroatoms. The van der Waals surface area contributed by atoms with E-state index < -0.39 is 20.7 Å². The van der Waals surface area contributed by atoms with Gasteiger partial charge in [-0.3, -0.25) is 4.79 Å². The zero-order valence-corrected chi connectivity index (χ0v) is 15.1. The minimum atomic E-state index is -3.90. The molecular formula is C17H25FN2O3S. The van der Waals surface area contributed by atoms with E-state index in [4.69, 9.17) is 0 Å². The first-order valence-corrected chi connectivity index (χ1v) is 9.87. The highest BCUT2D eigenvalue weighted by atomic mass is 32.2. The second-order valence-corrected chi connectivity index (χ2v) is 8.10. The third kappa shape index (κ3) is 4.13. The van der Waals surface area contributed by atoms with Crippen LogP contribution in [0.1, 0.15) is 49.4 Å². The van der Waals surface area contributed by atoms with E-state index in [1.807, 2.05) is 6.92 Å². The van der Waals surface area contributed by atoms with E-state index in [0.29, 0.717) is 19.6 Å². The molecule has 0 saturated carbocycles. The van der Waals surface area contributed by atoms with E-state index in [2.05, 4.69) is 0 Å². The summed E-state index contributed by atoms with van der Waals surface area (Å²) in [6, 6.07) is 3.58. The third-order valence-corrected chi connectivity index (χ3v) is 6.22. The molecule has 2 rings (SSSR count). The molecule has 5 nitrogen and oxygen atoms in total. The van der Waals surface area contributed by atoms with E-state index in [1.165, 1.54) is 21.3 Å². The molecular weight excluding hydrogens is 331 g/mol. The van der Waals surface area contributed by atoms with Crippen molar-refractivity contribution in [1.29, 1.82) is 0 Å². The standard InChI is InChI=1S/C17H25FN2O3S/c1-3-4-10-19(2)17(21)14-8-9-15(18)16(13-14)24(22,23)20-11-6-5-7-12-20/h8-9,13H,3-7,10-12H2,1-2H3. The van der Waals surface area contributed by atoms with E-state index in [9.17, 15) is 17.6 Å². The number of benzene rings is 1. The lowest BCUT2D eigenvalue weighted by Crippen LogP contribution is -2.36. The Balaban J connectivity index is 2.29. The Morgan fingerprint density at radius 3 is 2.54 bits per heavy atom. The first-order valence-electron chi connectivity index (χ1n) is 8.43. The van der Waals surface area contributed by atoms with Crippen molar-refractivity contribution in [2.45, 2.75) is 43.9 Å². The second kappa shape index (κ2) is 8.07. The SMILES string of the molecule is CCCCN(C)C(=O)c1ccc(F)c(S(=O)(=O)N2CCCCC2)c1. The van der Waals surface area contributed by atoms with Gasteiger partial charge in [-0.05, 0) is 37.5 Å². The number of rotatable bonds is 6. The predicted molar refractivity (Wildman–Crippen MR) is 90.9 cm³/mol. The lowest BCUT2D eigenvalue weighted by molar-refractivity contribution is 0.0793. The average Bonchev–Trinajstić information content (AvgIpc) is 2.60. The summed E-state index contributed by atoms with van der Waals surface area (Å²) in [6.07, 6.45) is 4.35. The molecule has 0 bridgehead atoms. The zero-order chi connectivity index (χ0) is 17.7. The molecule has 1 heterocycles. The van der Waals surface area contributed by atoms with Gasteiger partial charge in [0.15, 0.2) is 0 Å². The number of carbonyl (C=O) groups excluding carboxylic acids is 1. The molecule has 0 spiro atoms. The van der Waals surface area contributed by atoms with Crippen molar-refractivity contribution in [3.63, 3.8) is 0 Å². The minimum absolute atomic E-state index is 0.200. The zero-order valence-electron chi connectivity index (χ0n) is 14.3. The summed E-state index contributed by atoms with van der Waals surface area (Å²) in [4.78, 5) is 13.5. The van der Waals surface area contributed by atoms with Crippen molar-refractivity contribution < 1.29 is 17.6 Å². The lowest BCUT2D eigenvalue weighted by atomic mass is 10.2. The van der Waals surface area contributed by atoms with Gasteiger partial charge in [0.25, 0.3) is 5.91 Å². The van der Waals surface area contributed by atoms with Crippen molar-refractivity contribution in [1.82, 2.24) is 9.21 Å². The van der Waals surface area contributed by atoms with Crippen LogP contribution < -0.4 is 0 Å². The molecule has 1 aliphatic rings. The maximum atomic E-state index is 14.2. The van der Waals surface area contributed by atoms with E-state index in [-0.39, 0.29) is 11.5 Å². The van der Waals surface area contributed by atoms with Crippen LogP contribution in [0.2, 0.25) is 0 Å². The average molecular weight is 356 g/mol. The van der Waals surface area contributed by atoms with Crippen LogP contribution in [0, 0.1) is 5.82 Å². The number of carbonyl (C=O) groups is 1. The van der Waals surface area contributed by atoms with Gasteiger partial charge in [-0.25, -0.2) is 12.8 Å². The highest BCUT2D eigenvalue weighted by molar-refractivity contribution is 7.89. The molecule has 0 N–H and O–H groups in total. The minimum Gasteiger partial charge on any atom is -0.342 e. The van der Waals surface area contributed by atoms with Gasteiger partial charge >= 0.3 is 0 Å². The number of hydrogen-bond acceptors (Lipinski definition) is 3. The van der Waals surface area contributed by atoms with Crippen molar-refractivity contribution in [2.75, 3.05) is 26.7 Å². The monoisotopic (exact) mass is 356 g/mol. The van der Waals surface area contributed by atoms with Gasteiger partial charge in [0, 0.05) is 32.2 Å². The summed E-state index contributed by atoms with van der Waals surface area (Å²) in [6.45, 7) is 3.41. The highest BCUT2D eigenvalue weighted by Gasteiger charge is 2.29. The molecule has 1 aliphatic heterocycles. The van der Waals surface area contributed by atoms with Crippen LogP contribution in [0.15, 0.2) is 23.1 Å². The molecule has 0 aliphatic carbocycles. The van der Waals surface area contributed by atoms with Crippen LogP contribution in [-0.4, -0.2) is 50.2 Å². The fourth-order valence-corrected chi connectivity index (χ4v) is 4.40. The maximum Gasteiger partial charge on any atom is 0.253 e. The smallest absolute Gasteiger partial charge is 0.253 e. The Morgan fingerprint density at radius 2 is 1.92 bits per heavy atom. The van der Waals surface area contributed by atoms with Gasteiger partial charge in [-0.1, -0.05) is 19.8 Å². The summed E-state index contributed by atoms with van der Waals surface area (Å²) < 4.78 is 40.8. The molecule has 1 saturated heterocycles. The molecule has 0 atom stereocenters. The van der Waals surface area contributed by atoms with Crippen LogP contribution in [-0.2, 0) is 10.0 Å². The predicted octanol–water partition coefficient (Wildman–Crippen LogP) is 2.87.